The summed E-state index contributed by atoms with van der Waals surface area (Å²) < 4.78 is 40.8. The van der Waals surface area contributed by atoms with E-state index in [0.717, 1.165) is 18.7 Å². The first kappa shape index (κ1) is 19.7. The molecule has 1 aliphatic rings. The minimum Gasteiger partial charge on any atom is -0.406 e. The number of nitrogens with one attached hydrogen (secondary N) is 1. The molecule has 0 spiro atoms. The molecule has 2 aromatic carbocycles. The first-order valence-electron chi connectivity index (χ1n) is 9.21. The number of carbonyl (C=O) groups excluding carboxylic acids is 1. The average molecular weight is 417 g/mol. The third-order valence-electron chi connectivity index (χ3n) is 4.89. The van der Waals surface area contributed by atoms with Gasteiger partial charge < -0.3 is 20.7 Å². The Hall–Kier alpha value is -3.56. The highest BCUT2D eigenvalue weighted by molar-refractivity contribution is 6.06. The van der Waals surface area contributed by atoms with Crippen molar-refractivity contribution in [2.75, 3.05) is 23.3 Å². The molecule has 0 saturated carbocycles. The topological polar surface area (TPSA) is 93.4 Å². The van der Waals surface area contributed by atoms with Crippen LogP contribution in [-0.2, 0) is 0 Å². The third-order valence-corrected chi connectivity index (χ3v) is 4.89. The predicted octanol–water partition coefficient (Wildman–Crippen LogP) is 3.32. The second kappa shape index (κ2) is 7.69. The van der Waals surface area contributed by atoms with Crippen LogP contribution in [0.1, 0.15) is 16.8 Å². The van der Waals surface area contributed by atoms with Gasteiger partial charge in [0.1, 0.15) is 17.9 Å². The Morgan fingerprint density at radius 1 is 1.17 bits per heavy atom. The predicted molar refractivity (Wildman–Crippen MR) is 105 cm³/mol. The van der Waals surface area contributed by atoms with Gasteiger partial charge in [-0.3, -0.25) is 4.79 Å². The molecule has 0 aliphatic carbocycles. The summed E-state index contributed by atoms with van der Waals surface area (Å²) in [4.78, 5) is 22.2. The highest BCUT2D eigenvalue weighted by Crippen LogP contribution is 2.29. The molecule has 30 heavy (non-hydrogen) atoms. The molecule has 1 amide bonds. The normalized spacial score (nSPS) is 16.6. The van der Waals surface area contributed by atoms with Crippen LogP contribution in [0.2, 0.25) is 0 Å². The molecule has 1 aromatic heterocycles. The maximum absolute atomic E-state index is 12.3. The Balaban J connectivity index is 1.47. The smallest absolute Gasteiger partial charge is 0.406 e. The number of fused-ring (bicyclic) bond motifs is 1. The van der Waals surface area contributed by atoms with E-state index >= 15 is 0 Å². The van der Waals surface area contributed by atoms with E-state index < -0.39 is 12.3 Å². The van der Waals surface area contributed by atoms with Gasteiger partial charge in [-0.2, -0.15) is 0 Å². The maximum Gasteiger partial charge on any atom is 0.573 e. The zero-order valence-electron chi connectivity index (χ0n) is 15.7. The standard InChI is InChI=1S/C20H18F3N5O2/c21-20(22,23)30-14-6-4-13(5-7-14)28-9-8-12(10-28)27-19-16-3-1-2-15(18(24)29)17(16)25-11-26-19/h1-7,11-12H,8-10H2,(H2,24,29)(H,25,26,27). The van der Waals surface area contributed by atoms with E-state index in [1.165, 1.54) is 18.5 Å². The fraction of sp³-hybridized carbons (Fsp3) is 0.250. The number of primary amides is 1. The van der Waals surface area contributed by atoms with Crippen LogP contribution in [0.15, 0.2) is 48.8 Å². The van der Waals surface area contributed by atoms with Crippen LogP contribution in [0.5, 0.6) is 5.75 Å². The highest BCUT2D eigenvalue weighted by atomic mass is 19.4. The number of anilines is 2. The summed E-state index contributed by atoms with van der Waals surface area (Å²) in [5, 5.41) is 4.07. The van der Waals surface area contributed by atoms with Crippen molar-refractivity contribution >= 4 is 28.3 Å². The Bertz CT molecular complexity index is 1070. The number of nitrogens with two attached hydrogens (primary N) is 1. The van der Waals surface area contributed by atoms with Gasteiger partial charge in [-0.1, -0.05) is 6.07 Å². The lowest BCUT2D eigenvalue weighted by Gasteiger charge is -2.20. The van der Waals surface area contributed by atoms with Crippen molar-refractivity contribution in [1.29, 1.82) is 0 Å². The van der Waals surface area contributed by atoms with E-state index in [-0.39, 0.29) is 11.8 Å². The van der Waals surface area contributed by atoms with Gasteiger partial charge in [-0.05, 0) is 42.8 Å². The van der Waals surface area contributed by atoms with Gasteiger partial charge in [-0.15, -0.1) is 13.2 Å². The molecule has 156 valence electrons. The molecular weight excluding hydrogens is 399 g/mol. The van der Waals surface area contributed by atoms with Crippen molar-refractivity contribution in [2.45, 2.75) is 18.8 Å². The lowest BCUT2D eigenvalue weighted by molar-refractivity contribution is -0.274. The van der Waals surface area contributed by atoms with Gasteiger partial charge in [0.25, 0.3) is 5.91 Å². The summed E-state index contributed by atoms with van der Waals surface area (Å²) in [7, 11) is 0. The van der Waals surface area contributed by atoms with Crippen LogP contribution in [-0.4, -0.2) is 41.4 Å². The van der Waals surface area contributed by atoms with Crippen LogP contribution in [0.3, 0.4) is 0 Å². The molecule has 2 heterocycles. The zero-order valence-corrected chi connectivity index (χ0v) is 15.7. The quantitative estimate of drug-likeness (QED) is 0.662. The molecule has 0 bridgehead atoms. The molecule has 7 nitrogen and oxygen atoms in total. The van der Waals surface area contributed by atoms with Gasteiger partial charge in [0.15, 0.2) is 0 Å². The maximum atomic E-state index is 12.3. The summed E-state index contributed by atoms with van der Waals surface area (Å²) in [6.45, 7) is 1.37. The molecule has 3 N–H and O–H groups in total. The van der Waals surface area contributed by atoms with Crippen molar-refractivity contribution < 1.29 is 22.7 Å². The highest BCUT2D eigenvalue weighted by Gasteiger charge is 2.31. The summed E-state index contributed by atoms with van der Waals surface area (Å²) in [5.74, 6) is -0.211. The second-order valence-electron chi connectivity index (χ2n) is 6.91. The number of hydrogen-bond acceptors (Lipinski definition) is 6. The molecule has 1 aliphatic heterocycles. The van der Waals surface area contributed by atoms with Gasteiger partial charge >= 0.3 is 6.36 Å². The molecule has 10 heteroatoms. The van der Waals surface area contributed by atoms with Crippen molar-refractivity contribution in [1.82, 2.24) is 9.97 Å². The minimum absolute atomic E-state index is 0.0615. The van der Waals surface area contributed by atoms with Crippen molar-refractivity contribution in [3.8, 4) is 5.75 Å². The number of aromatic nitrogens is 2. The van der Waals surface area contributed by atoms with Crippen LogP contribution in [0.4, 0.5) is 24.7 Å². The number of alkyl halides is 3. The fourth-order valence-corrected chi connectivity index (χ4v) is 3.57. The molecule has 3 aromatic rings. The summed E-state index contributed by atoms with van der Waals surface area (Å²) in [5.41, 5.74) is 7.04. The zero-order chi connectivity index (χ0) is 21.3. The molecule has 1 saturated heterocycles. The number of rotatable bonds is 5. The monoisotopic (exact) mass is 417 g/mol. The summed E-state index contributed by atoms with van der Waals surface area (Å²) >= 11 is 0. The summed E-state index contributed by atoms with van der Waals surface area (Å²) in [6, 6.07) is 11.0. The van der Waals surface area contributed by atoms with Crippen LogP contribution >= 0.6 is 0 Å². The van der Waals surface area contributed by atoms with Crippen LogP contribution < -0.4 is 20.7 Å². The molecule has 4 rings (SSSR count). The van der Waals surface area contributed by atoms with Crippen LogP contribution in [0.25, 0.3) is 10.9 Å². The summed E-state index contributed by atoms with van der Waals surface area (Å²) in [6.07, 6.45) is -2.52. The first-order chi connectivity index (χ1) is 14.3. The van der Waals surface area contributed by atoms with Gasteiger partial charge in [0.2, 0.25) is 0 Å². The van der Waals surface area contributed by atoms with E-state index in [2.05, 4.69) is 24.9 Å². The molecule has 1 unspecified atom stereocenters. The number of amides is 1. The number of hydrogen-bond donors (Lipinski definition) is 2. The Kier molecular flexibility index (Phi) is 5.06. The van der Waals surface area contributed by atoms with Crippen molar-refractivity contribution in [3.05, 3.63) is 54.4 Å². The van der Waals surface area contributed by atoms with Crippen LogP contribution in [0, 0.1) is 0 Å². The molecule has 1 fully saturated rings. The number of ether oxygens (including phenoxy) is 1. The molecule has 0 radical (unpaired) electrons. The Labute approximate surface area is 169 Å². The molecular formula is C20H18F3N5O2. The van der Waals surface area contributed by atoms with Crippen molar-refractivity contribution in [2.24, 2.45) is 5.73 Å². The minimum atomic E-state index is -4.71. The van der Waals surface area contributed by atoms with Gasteiger partial charge in [0.05, 0.1) is 11.1 Å². The van der Waals surface area contributed by atoms with E-state index in [1.807, 2.05) is 6.07 Å². The fourth-order valence-electron chi connectivity index (χ4n) is 3.57. The van der Waals surface area contributed by atoms with Gasteiger partial charge in [0, 0.05) is 30.2 Å². The molecule has 1 atom stereocenters. The number of benzene rings is 2. The van der Waals surface area contributed by atoms with Crippen molar-refractivity contribution in [3.63, 3.8) is 0 Å². The average Bonchev–Trinajstić information content (AvgIpc) is 3.15. The number of nitrogens with zero attached hydrogens (tertiary/aromatic N) is 3. The number of halogens is 3. The Morgan fingerprint density at radius 2 is 1.93 bits per heavy atom. The van der Waals surface area contributed by atoms with E-state index in [1.54, 1.807) is 24.3 Å². The SMILES string of the molecule is NC(=O)c1cccc2c(NC3CCN(c4ccc(OC(F)(F)F)cc4)C3)ncnc12. The lowest BCUT2D eigenvalue weighted by atomic mass is 10.1. The van der Waals surface area contributed by atoms with E-state index in [4.69, 9.17) is 5.73 Å². The third kappa shape index (κ3) is 4.22. The largest absolute Gasteiger partial charge is 0.573 e. The van der Waals surface area contributed by atoms with E-state index in [0.29, 0.717) is 28.8 Å². The number of para-hydroxylation sites is 1. The van der Waals surface area contributed by atoms with E-state index in [9.17, 15) is 18.0 Å². The first-order valence-corrected chi connectivity index (χ1v) is 9.21. The van der Waals surface area contributed by atoms with Gasteiger partial charge in [-0.25, -0.2) is 9.97 Å². The number of carbonyl (C=O) groups is 1. The second-order valence-corrected chi connectivity index (χ2v) is 6.91. The lowest BCUT2D eigenvalue weighted by Crippen LogP contribution is -2.26. The Morgan fingerprint density at radius 3 is 2.63 bits per heavy atom.